The number of carbonyl (C=O) groups is 2. The van der Waals surface area contributed by atoms with E-state index in [0.29, 0.717) is 0 Å². The summed E-state index contributed by atoms with van der Waals surface area (Å²) in [5.74, 6) is -1.51. The Hall–Kier alpha value is -1.09. The first-order chi connectivity index (χ1) is 5.13. The quantitative estimate of drug-likeness (QED) is 0.644. The van der Waals surface area contributed by atoms with Gasteiger partial charge in [0.1, 0.15) is 0 Å². The molecule has 11 heavy (non-hydrogen) atoms. The van der Waals surface area contributed by atoms with E-state index >= 15 is 0 Å². The van der Waals surface area contributed by atoms with Crippen LogP contribution in [0.4, 0.5) is 0 Å². The number of aliphatic carboxylic acids is 1. The molecule has 1 N–H and O–H groups in total. The first-order valence-electron chi connectivity index (χ1n) is 2.95. The third kappa shape index (κ3) is 1.49. The Labute approximate surface area is 68.0 Å². The van der Waals surface area contributed by atoms with Crippen LogP contribution in [-0.4, -0.2) is 16.9 Å². The fourth-order valence-electron chi connectivity index (χ4n) is 0.762. The second kappa shape index (κ2) is 2.88. The van der Waals surface area contributed by atoms with Crippen molar-refractivity contribution in [1.82, 2.24) is 0 Å². The van der Waals surface area contributed by atoms with Crippen LogP contribution in [0.2, 0.25) is 0 Å². The SMILES string of the molecule is O=C(O)C1=C(Cl)C(=O)CC=C1. The Balaban J connectivity index is 3.08. The maximum Gasteiger partial charge on any atom is 0.337 e. The van der Waals surface area contributed by atoms with Crippen molar-refractivity contribution in [3.8, 4) is 0 Å². The number of ketones is 1. The highest BCUT2D eigenvalue weighted by Gasteiger charge is 2.18. The number of carboxylic acid groups (broad SMARTS) is 1. The zero-order valence-electron chi connectivity index (χ0n) is 5.50. The van der Waals surface area contributed by atoms with Crippen molar-refractivity contribution < 1.29 is 14.7 Å². The van der Waals surface area contributed by atoms with Gasteiger partial charge in [-0.2, -0.15) is 0 Å². The molecule has 0 aromatic carbocycles. The fraction of sp³-hybridized carbons (Fsp3) is 0.143. The summed E-state index contributed by atoms with van der Waals surface area (Å²) in [6, 6.07) is 0. The lowest BCUT2D eigenvalue weighted by Gasteiger charge is -2.04. The number of allylic oxidation sites excluding steroid dienone is 2. The van der Waals surface area contributed by atoms with Crippen LogP contribution in [0.3, 0.4) is 0 Å². The van der Waals surface area contributed by atoms with E-state index < -0.39 is 5.97 Å². The van der Waals surface area contributed by atoms with Crippen LogP contribution in [0.5, 0.6) is 0 Å². The smallest absolute Gasteiger partial charge is 0.337 e. The van der Waals surface area contributed by atoms with Gasteiger partial charge in [0.25, 0.3) is 0 Å². The van der Waals surface area contributed by atoms with E-state index in [1.54, 1.807) is 0 Å². The largest absolute Gasteiger partial charge is 0.478 e. The van der Waals surface area contributed by atoms with Crippen molar-refractivity contribution >= 4 is 23.4 Å². The van der Waals surface area contributed by atoms with Gasteiger partial charge in [0.2, 0.25) is 0 Å². The minimum Gasteiger partial charge on any atom is -0.478 e. The van der Waals surface area contributed by atoms with Crippen molar-refractivity contribution in [2.45, 2.75) is 6.42 Å². The van der Waals surface area contributed by atoms with Crippen molar-refractivity contribution in [3.63, 3.8) is 0 Å². The van der Waals surface area contributed by atoms with Crippen molar-refractivity contribution in [2.75, 3.05) is 0 Å². The summed E-state index contributed by atoms with van der Waals surface area (Å²) in [4.78, 5) is 21.2. The Morgan fingerprint density at radius 1 is 1.64 bits per heavy atom. The predicted molar refractivity (Wildman–Crippen MR) is 39.3 cm³/mol. The van der Waals surface area contributed by atoms with Crippen molar-refractivity contribution in [2.24, 2.45) is 0 Å². The van der Waals surface area contributed by atoms with E-state index in [2.05, 4.69) is 0 Å². The van der Waals surface area contributed by atoms with Crippen LogP contribution in [0, 0.1) is 0 Å². The zero-order valence-corrected chi connectivity index (χ0v) is 6.26. The molecule has 0 saturated carbocycles. The van der Waals surface area contributed by atoms with Crippen LogP contribution < -0.4 is 0 Å². The molecule has 0 atom stereocenters. The molecule has 0 fully saturated rings. The molecule has 0 amide bonds. The minimum atomic E-state index is -1.17. The molecule has 4 heteroatoms. The van der Waals surface area contributed by atoms with Gasteiger partial charge in [-0.15, -0.1) is 0 Å². The zero-order chi connectivity index (χ0) is 8.43. The van der Waals surface area contributed by atoms with Crippen LogP contribution in [-0.2, 0) is 9.59 Å². The molecule has 0 heterocycles. The van der Waals surface area contributed by atoms with Gasteiger partial charge < -0.3 is 5.11 Å². The highest BCUT2D eigenvalue weighted by molar-refractivity contribution is 6.45. The Bertz CT molecular complexity index is 275. The second-order valence-electron chi connectivity index (χ2n) is 2.06. The lowest BCUT2D eigenvalue weighted by atomic mass is 10.1. The van der Waals surface area contributed by atoms with E-state index in [1.165, 1.54) is 12.2 Å². The third-order valence-electron chi connectivity index (χ3n) is 1.30. The molecular formula is C7H5ClO3. The summed E-state index contributed by atoms with van der Waals surface area (Å²) in [6.07, 6.45) is 3.01. The summed E-state index contributed by atoms with van der Waals surface area (Å²) in [6.45, 7) is 0. The van der Waals surface area contributed by atoms with Crippen molar-refractivity contribution in [1.29, 1.82) is 0 Å². The van der Waals surface area contributed by atoms with Crippen LogP contribution in [0.1, 0.15) is 6.42 Å². The maximum atomic E-state index is 10.8. The number of hydrogen-bond acceptors (Lipinski definition) is 2. The molecule has 1 rings (SSSR count). The lowest BCUT2D eigenvalue weighted by molar-refractivity contribution is -0.132. The van der Waals surface area contributed by atoms with Crippen LogP contribution >= 0.6 is 11.6 Å². The normalized spacial score (nSPS) is 17.4. The van der Waals surface area contributed by atoms with Gasteiger partial charge in [-0.3, -0.25) is 4.79 Å². The van der Waals surface area contributed by atoms with Crippen LogP contribution in [0.15, 0.2) is 22.8 Å². The number of halogens is 1. The number of Topliss-reactive ketones (excluding diaryl/α,β-unsaturated/α-hetero) is 1. The maximum absolute atomic E-state index is 10.8. The summed E-state index contributed by atoms with van der Waals surface area (Å²) in [7, 11) is 0. The highest BCUT2D eigenvalue weighted by Crippen LogP contribution is 2.19. The topological polar surface area (TPSA) is 54.4 Å². The number of carbonyl (C=O) groups excluding carboxylic acids is 1. The highest BCUT2D eigenvalue weighted by atomic mass is 35.5. The molecule has 58 valence electrons. The average molecular weight is 173 g/mol. The van der Waals surface area contributed by atoms with Gasteiger partial charge in [-0.1, -0.05) is 17.7 Å². The molecule has 1 aliphatic rings. The number of carboxylic acids is 1. The standard InChI is InChI=1S/C7H5ClO3/c8-6-4(7(10)11)2-1-3-5(6)9/h1-2H,3H2,(H,10,11). The summed E-state index contributed by atoms with van der Waals surface area (Å²) >= 11 is 5.43. The molecule has 0 radical (unpaired) electrons. The molecular weight excluding hydrogens is 168 g/mol. The number of rotatable bonds is 1. The third-order valence-corrected chi connectivity index (χ3v) is 1.71. The summed E-state index contributed by atoms with van der Waals surface area (Å²) in [5, 5.41) is 8.30. The monoisotopic (exact) mass is 172 g/mol. The van der Waals surface area contributed by atoms with Gasteiger partial charge in [0.15, 0.2) is 5.78 Å². The molecule has 0 aromatic rings. The van der Waals surface area contributed by atoms with Gasteiger partial charge in [0, 0.05) is 6.42 Å². The van der Waals surface area contributed by atoms with Gasteiger partial charge in [0.05, 0.1) is 10.6 Å². The molecule has 0 spiro atoms. The molecule has 0 unspecified atom stereocenters. The van der Waals surface area contributed by atoms with E-state index in [1.807, 2.05) is 0 Å². The van der Waals surface area contributed by atoms with Crippen molar-refractivity contribution in [3.05, 3.63) is 22.8 Å². The molecule has 0 aromatic heterocycles. The van der Waals surface area contributed by atoms with E-state index in [4.69, 9.17) is 16.7 Å². The number of hydrogen-bond donors (Lipinski definition) is 1. The van der Waals surface area contributed by atoms with E-state index in [0.717, 1.165) is 0 Å². The van der Waals surface area contributed by atoms with Gasteiger partial charge in [-0.05, 0) is 6.08 Å². The minimum absolute atomic E-state index is 0.122. The molecule has 0 aliphatic heterocycles. The first-order valence-corrected chi connectivity index (χ1v) is 3.33. The molecule has 0 saturated heterocycles. The Kier molecular flexibility index (Phi) is 2.10. The summed E-state index contributed by atoms with van der Waals surface area (Å²) in [5.41, 5.74) is -0.122. The van der Waals surface area contributed by atoms with E-state index in [-0.39, 0.29) is 22.8 Å². The van der Waals surface area contributed by atoms with Crippen LogP contribution in [0.25, 0.3) is 0 Å². The van der Waals surface area contributed by atoms with Gasteiger partial charge in [-0.25, -0.2) is 4.79 Å². The van der Waals surface area contributed by atoms with Gasteiger partial charge >= 0.3 is 5.97 Å². The predicted octanol–water partition coefficient (Wildman–Crippen LogP) is 1.09. The fourth-order valence-corrected chi connectivity index (χ4v) is 0.983. The molecule has 0 bridgehead atoms. The molecule has 3 nitrogen and oxygen atoms in total. The second-order valence-corrected chi connectivity index (χ2v) is 2.44. The Morgan fingerprint density at radius 3 is 2.73 bits per heavy atom. The lowest BCUT2D eigenvalue weighted by Crippen LogP contribution is -2.09. The first kappa shape index (κ1) is 8.01. The Morgan fingerprint density at radius 2 is 2.27 bits per heavy atom. The average Bonchev–Trinajstić information content (AvgIpc) is 1.94. The summed E-state index contributed by atoms with van der Waals surface area (Å²) < 4.78 is 0. The van der Waals surface area contributed by atoms with E-state index in [9.17, 15) is 9.59 Å². The molecule has 1 aliphatic carbocycles.